The molecule has 1 aromatic carbocycles. The fourth-order valence-electron chi connectivity index (χ4n) is 2.02. The Labute approximate surface area is 120 Å². The summed E-state index contributed by atoms with van der Waals surface area (Å²) in [5.41, 5.74) is 1.55. The Morgan fingerprint density at radius 3 is 3.05 bits per heavy atom. The summed E-state index contributed by atoms with van der Waals surface area (Å²) in [5, 5.41) is 11.4. The third kappa shape index (κ3) is 2.70. The first kappa shape index (κ1) is 12.8. The van der Waals surface area contributed by atoms with E-state index in [0.29, 0.717) is 29.8 Å². The number of nitrogens with one attached hydrogen (secondary N) is 1. The predicted octanol–water partition coefficient (Wildman–Crippen LogP) is 1.13. The molecule has 1 aliphatic heterocycles. The molecule has 3 rings (SSSR count). The Morgan fingerprint density at radius 1 is 1.35 bits per heavy atom. The lowest BCUT2D eigenvalue weighted by atomic mass is 10.2. The molecule has 0 atom stereocenters. The molecule has 0 unspecified atom stereocenters. The lowest BCUT2D eigenvalue weighted by Crippen LogP contribution is -2.48. The monoisotopic (exact) mass is 289 g/mol. The minimum absolute atomic E-state index is 0.0343. The van der Waals surface area contributed by atoms with Crippen LogP contribution < -0.4 is 10.2 Å². The molecule has 2 heterocycles. The van der Waals surface area contributed by atoms with Crippen molar-refractivity contribution in [2.24, 2.45) is 0 Å². The molecule has 1 saturated heterocycles. The van der Waals surface area contributed by atoms with Gasteiger partial charge in [0.25, 0.3) is 0 Å². The second-order valence-corrected chi connectivity index (χ2v) is 4.86. The zero-order chi connectivity index (χ0) is 13.9. The van der Waals surface area contributed by atoms with E-state index in [1.165, 1.54) is 0 Å². The summed E-state index contributed by atoms with van der Waals surface area (Å²) in [6, 6.07) is 7.38. The average Bonchev–Trinajstić information content (AvgIpc) is 2.47. The van der Waals surface area contributed by atoms with Crippen molar-refractivity contribution in [2.45, 2.75) is 0 Å². The van der Waals surface area contributed by atoms with Crippen molar-refractivity contribution in [1.29, 1.82) is 0 Å². The first-order valence-electron chi connectivity index (χ1n) is 6.20. The Balaban J connectivity index is 1.91. The summed E-state index contributed by atoms with van der Waals surface area (Å²) >= 11 is 5.98. The first-order chi connectivity index (χ1) is 9.72. The second-order valence-electron chi connectivity index (χ2n) is 4.42. The van der Waals surface area contributed by atoms with E-state index in [1.807, 2.05) is 18.2 Å². The van der Waals surface area contributed by atoms with Crippen molar-refractivity contribution in [3.63, 3.8) is 0 Å². The minimum Gasteiger partial charge on any atom is -0.353 e. The van der Waals surface area contributed by atoms with Crippen LogP contribution in [0.1, 0.15) is 0 Å². The highest BCUT2D eigenvalue weighted by Gasteiger charge is 2.19. The number of hydrogen-bond donors (Lipinski definition) is 1. The van der Waals surface area contributed by atoms with Crippen molar-refractivity contribution >= 4 is 23.5 Å². The molecule has 1 fully saturated rings. The summed E-state index contributed by atoms with van der Waals surface area (Å²) in [4.78, 5) is 17.7. The molecule has 1 N–H and O–H groups in total. The van der Waals surface area contributed by atoms with Crippen molar-refractivity contribution in [2.75, 3.05) is 24.5 Å². The van der Waals surface area contributed by atoms with E-state index in [0.717, 1.165) is 5.56 Å². The van der Waals surface area contributed by atoms with E-state index in [9.17, 15) is 4.79 Å². The average molecular weight is 290 g/mol. The number of benzene rings is 1. The van der Waals surface area contributed by atoms with E-state index < -0.39 is 0 Å². The standard InChI is InChI=1S/C13H12ClN5O/c14-10-3-1-2-9(6-10)11-7-16-18-13(17-11)19-5-4-15-12(20)8-19/h1-3,6-7H,4-5,8H2,(H,15,20). The number of aromatic nitrogens is 3. The van der Waals surface area contributed by atoms with Gasteiger partial charge in [-0.15, -0.1) is 5.10 Å². The van der Waals surface area contributed by atoms with Crippen molar-refractivity contribution in [3.8, 4) is 11.3 Å². The van der Waals surface area contributed by atoms with Gasteiger partial charge in [-0.05, 0) is 12.1 Å². The van der Waals surface area contributed by atoms with Crippen LogP contribution in [0.25, 0.3) is 11.3 Å². The molecule has 0 bridgehead atoms. The zero-order valence-electron chi connectivity index (χ0n) is 10.6. The van der Waals surface area contributed by atoms with Crippen LogP contribution in [0.2, 0.25) is 5.02 Å². The lowest BCUT2D eigenvalue weighted by molar-refractivity contribution is -0.120. The van der Waals surface area contributed by atoms with Crippen LogP contribution in [0.3, 0.4) is 0 Å². The van der Waals surface area contributed by atoms with Gasteiger partial charge >= 0.3 is 0 Å². The SMILES string of the molecule is O=C1CN(c2nncc(-c3cccc(Cl)c3)n2)CCN1. The molecule has 20 heavy (non-hydrogen) atoms. The number of carbonyl (C=O) groups excluding carboxylic acids is 1. The molecule has 2 aromatic rings. The molecule has 0 saturated carbocycles. The highest BCUT2D eigenvalue weighted by Crippen LogP contribution is 2.21. The maximum atomic E-state index is 11.4. The molecular formula is C13H12ClN5O. The highest BCUT2D eigenvalue weighted by molar-refractivity contribution is 6.30. The Kier molecular flexibility index (Phi) is 3.47. The number of carbonyl (C=O) groups is 1. The molecular weight excluding hydrogens is 278 g/mol. The maximum Gasteiger partial charge on any atom is 0.246 e. The van der Waals surface area contributed by atoms with Crippen molar-refractivity contribution in [3.05, 3.63) is 35.5 Å². The van der Waals surface area contributed by atoms with Gasteiger partial charge < -0.3 is 10.2 Å². The van der Waals surface area contributed by atoms with E-state index in [-0.39, 0.29) is 12.5 Å². The zero-order valence-corrected chi connectivity index (χ0v) is 11.3. The largest absolute Gasteiger partial charge is 0.353 e. The number of piperazine rings is 1. The van der Waals surface area contributed by atoms with Crippen molar-refractivity contribution < 1.29 is 4.79 Å². The number of amides is 1. The molecule has 102 valence electrons. The summed E-state index contributed by atoms with van der Waals surface area (Å²) in [5.74, 6) is 0.422. The molecule has 1 amide bonds. The van der Waals surface area contributed by atoms with Gasteiger partial charge in [0, 0.05) is 23.7 Å². The normalized spacial score (nSPS) is 15.1. The van der Waals surface area contributed by atoms with Crippen LogP contribution in [-0.2, 0) is 4.79 Å². The third-order valence-corrected chi connectivity index (χ3v) is 3.22. The molecule has 1 aromatic heterocycles. The van der Waals surface area contributed by atoms with Crippen LogP contribution in [-0.4, -0.2) is 40.7 Å². The Bertz CT molecular complexity index is 648. The van der Waals surface area contributed by atoms with Crippen LogP contribution in [0.5, 0.6) is 0 Å². The van der Waals surface area contributed by atoms with E-state index >= 15 is 0 Å². The lowest BCUT2D eigenvalue weighted by Gasteiger charge is -2.26. The summed E-state index contributed by atoms with van der Waals surface area (Å²) in [6.45, 7) is 1.51. The van der Waals surface area contributed by atoms with E-state index in [2.05, 4.69) is 20.5 Å². The van der Waals surface area contributed by atoms with Gasteiger partial charge in [-0.3, -0.25) is 4.79 Å². The fraction of sp³-hybridized carbons (Fsp3) is 0.231. The van der Waals surface area contributed by atoms with E-state index in [1.54, 1.807) is 17.2 Å². The van der Waals surface area contributed by atoms with Gasteiger partial charge in [0.2, 0.25) is 11.9 Å². The quantitative estimate of drug-likeness (QED) is 0.897. The first-order valence-corrected chi connectivity index (χ1v) is 6.57. The molecule has 0 aliphatic carbocycles. The number of anilines is 1. The summed E-state index contributed by atoms with van der Waals surface area (Å²) in [7, 11) is 0. The summed E-state index contributed by atoms with van der Waals surface area (Å²) in [6.07, 6.45) is 1.58. The minimum atomic E-state index is -0.0343. The third-order valence-electron chi connectivity index (χ3n) is 2.99. The van der Waals surface area contributed by atoms with Gasteiger partial charge in [-0.2, -0.15) is 5.10 Å². The van der Waals surface area contributed by atoms with Gasteiger partial charge in [0.1, 0.15) is 0 Å². The van der Waals surface area contributed by atoms with Crippen LogP contribution in [0.4, 0.5) is 5.95 Å². The highest BCUT2D eigenvalue weighted by atomic mass is 35.5. The van der Waals surface area contributed by atoms with Crippen LogP contribution in [0.15, 0.2) is 30.5 Å². The Morgan fingerprint density at radius 2 is 2.25 bits per heavy atom. The molecule has 0 radical (unpaired) electrons. The smallest absolute Gasteiger partial charge is 0.246 e. The van der Waals surface area contributed by atoms with Crippen molar-refractivity contribution in [1.82, 2.24) is 20.5 Å². The van der Waals surface area contributed by atoms with E-state index in [4.69, 9.17) is 11.6 Å². The second kappa shape index (κ2) is 5.42. The van der Waals surface area contributed by atoms with Gasteiger partial charge in [0.05, 0.1) is 18.4 Å². The topological polar surface area (TPSA) is 71.0 Å². The van der Waals surface area contributed by atoms with Gasteiger partial charge in [-0.25, -0.2) is 4.98 Å². The van der Waals surface area contributed by atoms with Crippen LogP contribution >= 0.6 is 11.6 Å². The van der Waals surface area contributed by atoms with Gasteiger partial charge in [-0.1, -0.05) is 23.7 Å². The number of hydrogen-bond acceptors (Lipinski definition) is 5. The Hall–Kier alpha value is -2.21. The molecule has 0 spiro atoms. The number of halogens is 1. The van der Waals surface area contributed by atoms with Crippen LogP contribution in [0, 0.1) is 0 Å². The predicted molar refractivity (Wildman–Crippen MR) is 75.5 cm³/mol. The number of nitrogens with zero attached hydrogens (tertiary/aromatic N) is 4. The maximum absolute atomic E-state index is 11.4. The fourth-order valence-corrected chi connectivity index (χ4v) is 2.21. The molecule has 7 heteroatoms. The summed E-state index contributed by atoms with van der Waals surface area (Å²) < 4.78 is 0. The molecule has 1 aliphatic rings. The number of rotatable bonds is 2. The molecule has 6 nitrogen and oxygen atoms in total. The van der Waals surface area contributed by atoms with Gasteiger partial charge in [0.15, 0.2) is 0 Å².